The van der Waals surface area contributed by atoms with Crippen molar-refractivity contribution in [3.8, 4) is 11.5 Å². The molecule has 1 aliphatic heterocycles. The lowest BCUT2D eigenvalue weighted by Gasteiger charge is -2.14. The van der Waals surface area contributed by atoms with Crippen molar-refractivity contribution in [1.29, 1.82) is 0 Å². The average Bonchev–Trinajstić information content (AvgIpc) is 3.07. The molecule has 0 radical (unpaired) electrons. The predicted molar refractivity (Wildman–Crippen MR) is 144 cm³/mol. The summed E-state index contributed by atoms with van der Waals surface area (Å²) in [6.45, 7) is 4.71. The minimum absolute atomic E-state index is 0.265. The molecule has 4 rings (SSSR count). The maximum Gasteiger partial charge on any atom is 0.293 e. The van der Waals surface area contributed by atoms with Gasteiger partial charge in [0, 0.05) is 0 Å². The molecule has 1 saturated heterocycles. The van der Waals surface area contributed by atoms with Gasteiger partial charge in [-0.25, -0.2) is 0 Å². The second-order valence-corrected chi connectivity index (χ2v) is 10.2. The van der Waals surface area contributed by atoms with Gasteiger partial charge in [0.2, 0.25) is 0 Å². The number of ether oxygens (including phenoxy) is 2. The Kier molecular flexibility index (Phi) is 7.63. The lowest BCUT2D eigenvalue weighted by molar-refractivity contribution is -0.123. The van der Waals surface area contributed by atoms with Crippen LogP contribution in [-0.4, -0.2) is 23.2 Å². The van der Waals surface area contributed by atoms with E-state index in [9.17, 15) is 9.59 Å². The van der Waals surface area contributed by atoms with Crippen LogP contribution >= 0.6 is 34.4 Å². The maximum absolute atomic E-state index is 13.0. The van der Waals surface area contributed by atoms with Gasteiger partial charge in [0.25, 0.3) is 11.1 Å². The molecule has 0 aliphatic carbocycles. The van der Waals surface area contributed by atoms with Gasteiger partial charge in [0.05, 0.1) is 22.1 Å². The Morgan fingerprint density at radius 2 is 1.76 bits per heavy atom. The zero-order valence-electron chi connectivity index (χ0n) is 19.1. The van der Waals surface area contributed by atoms with E-state index in [4.69, 9.17) is 9.47 Å². The van der Waals surface area contributed by atoms with Crippen LogP contribution < -0.4 is 9.47 Å². The van der Waals surface area contributed by atoms with Gasteiger partial charge >= 0.3 is 0 Å². The highest BCUT2D eigenvalue weighted by Gasteiger charge is 2.35. The standard InChI is InChI=1S/C27H24INO4S/c1-17-8-10-19(11-9-17)16-33-25-22(28)12-20(13-23(25)32-3)14-24-26(30)29(27(31)34-24)15-21-7-5-4-6-18(21)2/h4-14H,15-16H2,1-3H3/b24-14-. The largest absolute Gasteiger partial charge is 0.493 e. The highest BCUT2D eigenvalue weighted by Crippen LogP contribution is 2.38. The normalized spacial score (nSPS) is 14.7. The molecule has 1 fully saturated rings. The molecular formula is C27H24INO4S. The van der Waals surface area contributed by atoms with Crippen molar-refractivity contribution >= 4 is 51.6 Å². The summed E-state index contributed by atoms with van der Waals surface area (Å²) in [7, 11) is 1.59. The highest BCUT2D eigenvalue weighted by molar-refractivity contribution is 14.1. The number of hydrogen-bond acceptors (Lipinski definition) is 5. The van der Waals surface area contributed by atoms with E-state index in [-0.39, 0.29) is 17.7 Å². The molecule has 0 atom stereocenters. The number of benzene rings is 3. The number of thioether (sulfide) groups is 1. The molecule has 0 spiro atoms. The van der Waals surface area contributed by atoms with Crippen molar-refractivity contribution in [3.05, 3.63) is 97.0 Å². The molecule has 3 aromatic carbocycles. The third kappa shape index (κ3) is 5.47. The Morgan fingerprint density at radius 3 is 2.47 bits per heavy atom. The number of carbonyl (C=O) groups is 2. The first kappa shape index (κ1) is 24.3. The lowest BCUT2D eigenvalue weighted by Crippen LogP contribution is -2.27. The summed E-state index contributed by atoms with van der Waals surface area (Å²) in [5.74, 6) is 0.935. The molecule has 5 nitrogen and oxygen atoms in total. The Hall–Kier alpha value is -2.78. The number of halogens is 1. The fraction of sp³-hybridized carbons (Fsp3) is 0.185. The van der Waals surface area contributed by atoms with Crippen LogP contribution in [0.1, 0.15) is 27.8 Å². The number of aryl methyl sites for hydroxylation is 2. The first-order valence-electron chi connectivity index (χ1n) is 10.7. The first-order valence-corrected chi connectivity index (χ1v) is 12.6. The predicted octanol–water partition coefficient (Wildman–Crippen LogP) is 6.73. The monoisotopic (exact) mass is 585 g/mol. The summed E-state index contributed by atoms with van der Waals surface area (Å²) in [5.41, 5.74) is 5.03. The molecule has 34 heavy (non-hydrogen) atoms. The second kappa shape index (κ2) is 10.7. The molecular weight excluding hydrogens is 561 g/mol. The van der Waals surface area contributed by atoms with Crippen LogP contribution in [0, 0.1) is 17.4 Å². The number of nitrogens with zero attached hydrogens (tertiary/aromatic N) is 1. The first-order chi connectivity index (χ1) is 16.4. The van der Waals surface area contributed by atoms with Gasteiger partial charge in [-0.05, 0) is 88.7 Å². The second-order valence-electron chi connectivity index (χ2n) is 8.00. The van der Waals surface area contributed by atoms with Crippen LogP contribution in [-0.2, 0) is 17.9 Å². The van der Waals surface area contributed by atoms with Gasteiger partial charge in [-0.3, -0.25) is 14.5 Å². The molecule has 2 amide bonds. The molecule has 3 aromatic rings. The smallest absolute Gasteiger partial charge is 0.293 e. The van der Waals surface area contributed by atoms with Crippen molar-refractivity contribution in [2.75, 3.05) is 7.11 Å². The molecule has 7 heteroatoms. The minimum Gasteiger partial charge on any atom is -0.493 e. The van der Waals surface area contributed by atoms with E-state index in [1.54, 1.807) is 13.2 Å². The van der Waals surface area contributed by atoms with Gasteiger partial charge in [-0.15, -0.1) is 0 Å². The lowest BCUT2D eigenvalue weighted by atomic mass is 10.1. The number of carbonyl (C=O) groups excluding carboxylic acids is 2. The van der Waals surface area contributed by atoms with E-state index in [0.717, 1.165) is 37.6 Å². The molecule has 1 aliphatic rings. The Bertz CT molecular complexity index is 1270. The van der Waals surface area contributed by atoms with Crippen LogP contribution in [0.25, 0.3) is 6.08 Å². The third-order valence-corrected chi connectivity index (χ3v) is 7.23. The third-order valence-electron chi connectivity index (χ3n) is 5.52. The fourth-order valence-corrected chi connectivity index (χ4v) is 5.17. The minimum atomic E-state index is -0.285. The van der Waals surface area contributed by atoms with E-state index in [1.165, 1.54) is 10.5 Å². The number of rotatable bonds is 7. The average molecular weight is 585 g/mol. The van der Waals surface area contributed by atoms with Crippen LogP contribution in [0.4, 0.5) is 4.79 Å². The van der Waals surface area contributed by atoms with Crippen LogP contribution in [0.2, 0.25) is 0 Å². The summed E-state index contributed by atoms with van der Waals surface area (Å²) in [6, 6.07) is 19.7. The topological polar surface area (TPSA) is 55.8 Å². The SMILES string of the molecule is COc1cc(/C=C2\SC(=O)N(Cc3ccccc3C)C2=O)cc(I)c1OCc1ccc(C)cc1. The summed E-state index contributed by atoms with van der Waals surface area (Å²) >= 11 is 3.16. The molecule has 0 aromatic heterocycles. The van der Waals surface area contributed by atoms with Gasteiger partial charge in [-0.1, -0.05) is 54.1 Å². The number of imide groups is 1. The van der Waals surface area contributed by atoms with Crippen molar-refractivity contribution in [2.24, 2.45) is 0 Å². The fourth-order valence-electron chi connectivity index (χ4n) is 3.55. The van der Waals surface area contributed by atoms with E-state index in [1.807, 2.05) is 62.4 Å². The summed E-state index contributed by atoms with van der Waals surface area (Å²) in [5, 5.41) is -0.265. The molecule has 174 valence electrons. The molecule has 1 heterocycles. The molecule has 0 unspecified atom stereocenters. The zero-order chi connectivity index (χ0) is 24.2. The maximum atomic E-state index is 13.0. The number of methoxy groups -OCH3 is 1. The Labute approximate surface area is 217 Å². The van der Waals surface area contributed by atoms with Crippen LogP contribution in [0.3, 0.4) is 0 Å². The van der Waals surface area contributed by atoms with Crippen molar-refractivity contribution in [3.63, 3.8) is 0 Å². The van der Waals surface area contributed by atoms with Crippen molar-refractivity contribution < 1.29 is 19.1 Å². The number of hydrogen-bond donors (Lipinski definition) is 0. The van der Waals surface area contributed by atoms with Crippen molar-refractivity contribution in [1.82, 2.24) is 4.90 Å². The van der Waals surface area contributed by atoms with Crippen LogP contribution in [0.5, 0.6) is 11.5 Å². The van der Waals surface area contributed by atoms with E-state index in [0.29, 0.717) is 23.0 Å². The molecule has 0 bridgehead atoms. The zero-order valence-corrected chi connectivity index (χ0v) is 22.1. The van der Waals surface area contributed by atoms with Gasteiger partial charge in [0.15, 0.2) is 11.5 Å². The molecule has 0 N–H and O–H groups in total. The molecule has 0 saturated carbocycles. The highest BCUT2D eigenvalue weighted by atomic mass is 127. The summed E-state index contributed by atoms with van der Waals surface area (Å²) in [6.07, 6.45) is 1.73. The van der Waals surface area contributed by atoms with Gasteiger partial charge in [-0.2, -0.15) is 0 Å². The summed E-state index contributed by atoms with van der Waals surface area (Å²) in [4.78, 5) is 27.2. The van der Waals surface area contributed by atoms with Crippen molar-refractivity contribution in [2.45, 2.75) is 27.0 Å². The number of amides is 2. The van der Waals surface area contributed by atoms with Crippen LogP contribution in [0.15, 0.2) is 65.6 Å². The van der Waals surface area contributed by atoms with E-state index < -0.39 is 0 Å². The summed E-state index contributed by atoms with van der Waals surface area (Å²) < 4.78 is 12.5. The van der Waals surface area contributed by atoms with E-state index >= 15 is 0 Å². The van der Waals surface area contributed by atoms with E-state index in [2.05, 4.69) is 34.7 Å². The Morgan fingerprint density at radius 1 is 1.03 bits per heavy atom. The van der Waals surface area contributed by atoms with Gasteiger partial charge < -0.3 is 9.47 Å². The van der Waals surface area contributed by atoms with Gasteiger partial charge in [0.1, 0.15) is 6.61 Å². The quantitative estimate of drug-likeness (QED) is 0.227. The Balaban J connectivity index is 1.53.